The van der Waals surface area contributed by atoms with Crippen LogP contribution in [0.3, 0.4) is 0 Å². The molecule has 6 nitrogen and oxygen atoms in total. The van der Waals surface area contributed by atoms with Gasteiger partial charge in [-0.05, 0) is 18.9 Å². The predicted molar refractivity (Wildman–Crippen MR) is 96.9 cm³/mol. The van der Waals surface area contributed by atoms with E-state index in [2.05, 4.69) is 13.8 Å². The predicted octanol–water partition coefficient (Wildman–Crippen LogP) is 0.546. The first-order chi connectivity index (χ1) is 12.4. The molecule has 4 aliphatic rings. The Morgan fingerprint density at radius 1 is 1.08 bits per heavy atom. The molecular formula is C20H29N3O3+2. The van der Waals surface area contributed by atoms with Gasteiger partial charge in [-0.3, -0.25) is 24.7 Å². The zero-order valence-electron chi connectivity index (χ0n) is 15.7. The van der Waals surface area contributed by atoms with Gasteiger partial charge in [-0.15, -0.1) is 0 Å². The monoisotopic (exact) mass is 359 g/mol. The fourth-order valence-corrected chi connectivity index (χ4v) is 6.40. The van der Waals surface area contributed by atoms with Crippen LogP contribution in [0, 0.1) is 20.9 Å². The minimum atomic E-state index is -0.310. The Morgan fingerprint density at radius 3 is 2.08 bits per heavy atom. The van der Waals surface area contributed by atoms with Gasteiger partial charge < -0.3 is 0 Å². The van der Waals surface area contributed by atoms with E-state index in [0.717, 1.165) is 57.4 Å². The van der Waals surface area contributed by atoms with E-state index in [1.54, 1.807) is 18.2 Å². The van der Waals surface area contributed by atoms with Crippen LogP contribution in [0.25, 0.3) is 0 Å². The summed E-state index contributed by atoms with van der Waals surface area (Å²) in [5.74, 6) is 0.527. The van der Waals surface area contributed by atoms with Gasteiger partial charge in [-0.2, -0.15) is 0 Å². The molecule has 4 saturated heterocycles. The molecule has 1 aromatic carbocycles. The summed E-state index contributed by atoms with van der Waals surface area (Å²) in [5, 5.41) is 11.2. The first-order valence-electron chi connectivity index (χ1n) is 9.93. The molecule has 4 fully saturated rings. The largest absolute Gasteiger partial charge is 0.297 e. The molecule has 1 aromatic rings. The van der Waals surface area contributed by atoms with Crippen molar-refractivity contribution in [2.45, 2.75) is 45.7 Å². The molecule has 0 unspecified atom stereocenters. The molecule has 0 aromatic heterocycles. The van der Waals surface area contributed by atoms with E-state index in [4.69, 9.17) is 0 Å². The number of non-ortho nitro benzene ring substituents is 1. The van der Waals surface area contributed by atoms with Crippen LogP contribution in [0.5, 0.6) is 0 Å². The van der Waals surface area contributed by atoms with Gasteiger partial charge in [0, 0.05) is 12.1 Å². The fraction of sp³-hybridized carbons (Fsp3) is 0.650. The van der Waals surface area contributed by atoms with Crippen molar-refractivity contribution in [1.82, 2.24) is 0 Å². The Hall–Kier alpha value is -1.79. The second-order valence-corrected chi connectivity index (χ2v) is 8.70. The Labute approximate surface area is 154 Å². The number of carbonyl (C=O) groups excluding carboxylic acids is 1. The van der Waals surface area contributed by atoms with Crippen molar-refractivity contribution in [2.75, 3.05) is 26.2 Å². The van der Waals surface area contributed by atoms with E-state index in [-0.39, 0.29) is 27.6 Å². The molecule has 0 aliphatic carbocycles. The van der Waals surface area contributed by atoms with Crippen molar-refractivity contribution in [3.8, 4) is 0 Å². The molecule has 2 N–H and O–H groups in total. The van der Waals surface area contributed by atoms with Crippen molar-refractivity contribution in [2.24, 2.45) is 10.8 Å². The third kappa shape index (κ3) is 2.42. The van der Waals surface area contributed by atoms with Crippen LogP contribution in [-0.4, -0.2) is 36.9 Å². The molecule has 0 radical (unpaired) electrons. The molecule has 6 heteroatoms. The van der Waals surface area contributed by atoms with Crippen molar-refractivity contribution < 1.29 is 19.5 Å². The minimum absolute atomic E-state index is 0.167. The highest BCUT2D eigenvalue weighted by atomic mass is 16.6. The zero-order chi connectivity index (χ0) is 18.5. The molecule has 4 bridgehead atoms. The molecular weight excluding hydrogens is 330 g/mol. The lowest BCUT2D eigenvalue weighted by Gasteiger charge is -2.60. The summed E-state index contributed by atoms with van der Waals surface area (Å²) >= 11 is 0. The van der Waals surface area contributed by atoms with Crippen LogP contribution in [0.15, 0.2) is 24.3 Å². The lowest BCUT2D eigenvalue weighted by atomic mass is 9.57. The number of Topliss-reactive ketones (excluding diaryl/α,β-unsaturated/α-hetero) is 1. The SMILES string of the molecule is CCCC12C[NH+]3CC(CCC)(C[NH+](C1)C3c1cccc([N+](=O)[O-])c1)C2=O. The minimum Gasteiger partial charge on any atom is -0.297 e. The van der Waals surface area contributed by atoms with Crippen LogP contribution < -0.4 is 9.80 Å². The fourth-order valence-electron chi connectivity index (χ4n) is 6.40. The van der Waals surface area contributed by atoms with Crippen molar-refractivity contribution in [3.63, 3.8) is 0 Å². The molecule has 0 spiro atoms. The Bertz CT molecular complexity index is 704. The van der Waals surface area contributed by atoms with Gasteiger partial charge in [0.05, 0.1) is 10.5 Å². The average molecular weight is 359 g/mol. The van der Waals surface area contributed by atoms with Gasteiger partial charge in [0.25, 0.3) is 5.69 Å². The maximum atomic E-state index is 13.5. The van der Waals surface area contributed by atoms with Gasteiger partial charge in [-0.1, -0.05) is 32.8 Å². The second-order valence-electron chi connectivity index (χ2n) is 8.70. The quantitative estimate of drug-likeness (QED) is 0.576. The highest BCUT2D eigenvalue weighted by molar-refractivity contribution is 5.92. The van der Waals surface area contributed by atoms with Gasteiger partial charge in [0.15, 0.2) is 5.78 Å². The van der Waals surface area contributed by atoms with Gasteiger partial charge >= 0.3 is 0 Å². The number of piperidine rings is 2. The van der Waals surface area contributed by atoms with Crippen molar-refractivity contribution in [3.05, 3.63) is 39.9 Å². The summed E-state index contributed by atoms with van der Waals surface area (Å²) in [7, 11) is 0. The topological polar surface area (TPSA) is 69.1 Å². The molecule has 140 valence electrons. The van der Waals surface area contributed by atoms with Crippen molar-refractivity contribution >= 4 is 11.5 Å². The first-order valence-corrected chi connectivity index (χ1v) is 9.93. The number of benzene rings is 1. The van der Waals surface area contributed by atoms with E-state index in [0.29, 0.717) is 5.78 Å². The molecule has 4 aliphatic heterocycles. The third-order valence-electron chi connectivity index (χ3n) is 6.91. The standard InChI is InChI=1S/C20H27N3O3/c1-3-8-19-11-21-13-20(9-4-2,18(19)24)14-22(12-19)17(21)15-6-5-7-16(10-15)23(25)26/h5-7,10,17H,3-4,8-9,11-14H2,1-2H3/p+2. The smallest absolute Gasteiger partial charge is 0.270 e. The van der Waals surface area contributed by atoms with Crippen molar-refractivity contribution in [1.29, 1.82) is 0 Å². The lowest BCUT2D eigenvalue weighted by Crippen LogP contribution is -3.41. The number of hydrogen-bond acceptors (Lipinski definition) is 3. The van der Waals surface area contributed by atoms with Crippen LogP contribution in [0.4, 0.5) is 5.69 Å². The summed E-state index contributed by atoms with van der Waals surface area (Å²) in [6.45, 7) is 7.91. The molecule has 0 saturated carbocycles. The number of carbonyl (C=O) groups is 1. The first kappa shape index (κ1) is 17.6. The average Bonchev–Trinajstić information content (AvgIpc) is 2.59. The van der Waals surface area contributed by atoms with E-state index in [9.17, 15) is 14.9 Å². The number of nitrogens with zero attached hydrogens (tertiary/aromatic N) is 1. The summed E-state index contributed by atoms with van der Waals surface area (Å²) in [6.07, 6.45) is 4.25. The number of nitro benzene ring substituents is 1. The van der Waals surface area contributed by atoms with Gasteiger partial charge in [-0.25, -0.2) is 0 Å². The summed E-state index contributed by atoms with van der Waals surface area (Å²) < 4.78 is 0. The lowest BCUT2D eigenvalue weighted by molar-refractivity contribution is -1.18. The summed E-state index contributed by atoms with van der Waals surface area (Å²) in [5.41, 5.74) is 0.860. The summed E-state index contributed by atoms with van der Waals surface area (Å²) in [6, 6.07) is 7.14. The maximum Gasteiger partial charge on any atom is 0.270 e. The molecule has 26 heavy (non-hydrogen) atoms. The van der Waals surface area contributed by atoms with Gasteiger partial charge in [0.2, 0.25) is 6.17 Å². The molecule has 0 amide bonds. The number of rotatable bonds is 6. The molecule has 5 rings (SSSR count). The van der Waals surface area contributed by atoms with E-state index >= 15 is 0 Å². The molecule has 0 atom stereocenters. The third-order valence-corrected chi connectivity index (χ3v) is 6.91. The highest BCUT2D eigenvalue weighted by Crippen LogP contribution is 2.42. The number of quaternary nitrogens is 2. The second kappa shape index (κ2) is 6.13. The normalized spacial score (nSPS) is 37.9. The van der Waals surface area contributed by atoms with E-state index in [1.807, 2.05) is 6.07 Å². The number of nitro groups is 1. The van der Waals surface area contributed by atoms with Crippen LogP contribution in [0.2, 0.25) is 0 Å². The zero-order valence-corrected chi connectivity index (χ0v) is 15.7. The number of ketones is 1. The Kier molecular flexibility index (Phi) is 4.15. The van der Waals surface area contributed by atoms with Crippen LogP contribution in [-0.2, 0) is 4.79 Å². The number of hydrogen-bond donors (Lipinski definition) is 2. The Balaban J connectivity index is 1.72. The maximum absolute atomic E-state index is 13.5. The van der Waals surface area contributed by atoms with Gasteiger partial charge in [0.1, 0.15) is 37.0 Å². The van der Waals surface area contributed by atoms with Crippen LogP contribution in [0.1, 0.15) is 51.3 Å². The van der Waals surface area contributed by atoms with E-state index < -0.39 is 0 Å². The van der Waals surface area contributed by atoms with E-state index in [1.165, 1.54) is 9.80 Å². The summed E-state index contributed by atoms with van der Waals surface area (Å²) in [4.78, 5) is 27.3. The molecule has 4 heterocycles. The Morgan fingerprint density at radius 2 is 1.62 bits per heavy atom. The van der Waals surface area contributed by atoms with Crippen LogP contribution >= 0.6 is 0 Å². The number of nitrogens with one attached hydrogen (secondary N) is 2. The highest BCUT2D eigenvalue weighted by Gasteiger charge is 2.70.